The first kappa shape index (κ1) is 28.8. The van der Waals surface area contributed by atoms with Crippen LogP contribution in [0.1, 0.15) is 22.5 Å². The highest BCUT2D eigenvalue weighted by atomic mass is 32.1. The van der Waals surface area contributed by atoms with Gasteiger partial charge in [0, 0.05) is 31.3 Å². The second-order valence-electron chi connectivity index (χ2n) is 12.7. The predicted molar refractivity (Wildman–Crippen MR) is 206 cm³/mol. The molecule has 10 rings (SSSR count). The molecule has 0 spiro atoms. The van der Waals surface area contributed by atoms with Crippen LogP contribution in [0.4, 0.5) is 0 Å². The van der Waals surface area contributed by atoms with E-state index in [4.69, 9.17) is 15.0 Å². The van der Waals surface area contributed by atoms with Crippen molar-refractivity contribution in [2.75, 3.05) is 0 Å². The van der Waals surface area contributed by atoms with Crippen LogP contribution < -0.4 is 0 Å². The van der Waals surface area contributed by atoms with Crippen LogP contribution in [0, 0.1) is 0 Å². The van der Waals surface area contributed by atoms with Crippen LogP contribution in [-0.2, 0) is 5.41 Å². The highest BCUT2D eigenvalue weighted by molar-refractivity contribution is 7.25. The van der Waals surface area contributed by atoms with Gasteiger partial charge in [-0.2, -0.15) is 0 Å². The normalized spacial score (nSPS) is 13.0. The van der Waals surface area contributed by atoms with Gasteiger partial charge in [-0.25, -0.2) is 15.0 Å². The molecule has 0 unspecified atom stereocenters. The Morgan fingerprint density at radius 1 is 0.380 bits per heavy atom. The lowest BCUT2D eigenvalue weighted by Gasteiger charge is -2.32. The molecule has 0 bridgehead atoms. The van der Waals surface area contributed by atoms with E-state index in [0.717, 1.165) is 22.3 Å². The Kier molecular flexibility index (Phi) is 6.58. The molecule has 0 radical (unpaired) electrons. The van der Waals surface area contributed by atoms with Crippen LogP contribution in [0.15, 0.2) is 176 Å². The Bertz CT molecular complexity index is 2650. The lowest BCUT2D eigenvalue weighted by Crippen LogP contribution is -2.31. The van der Waals surface area contributed by atoms with Gasteiger partial charge in [-0.05, 0) is 51.1 Å². The Morgan fingerprint density at radius 3 is 1.66 bits per heavy atom. The Morgan fingerprint density at radius 2 is 0.920 bits per heavy atom. The highest BCUT2D eigenvalue weighted by Gasteiger charge is 2.48. The Balaban J connectivity index is 1.29. The molecule has 0 saturated carbocycles. The van der Waals surface area contributed by atoms with Gasteiger partial charge in [0.15, 0.2) is 17.5 Å². The fourth-order valence-electron chi connectivity index (χ4n) is 7.80. The number of rotatable bonds is 5. The van der Waals surface area contributed by atoms with Crippen LogP contribution in [0.2, 0.25) is 0 Å². The predicted octanol–water partition coefficient (Wildman–Crippen LogP) is 11.6. The molecule has 0 N–H and O–H groups in total. The molecule has 0 saturated heterocycles. The minimum absolute atomic E-state index is 0.651. The van der Waals surface area contributed by atoms with Crippen molar-refractivity contribution in [2.24, 2.45) is 0 Å². The number of hydrogen-bond acceptors (Lipinski definition) is 4. The summed E-state index contributed by atoms with van der Waals surface area (Å²) >= 11 is 1.81. The minimum Gasteiger partial charge on any atom is -0.211 e. The number of aromatic nitrogens is 3. The van der Waals surface area contributed by atoms with E-state index in [9.17, 15) is 0 Å². The van der Waals surface area contributed by atoms with E-state index < -0.39 is 5.41 Å². The second kappa shape index (κ2) is 11.4. The maximum absolute atomic E-state index is 5.54. The van der Waals surface area contributed by atoms with Gasteiger partial charge in [0.05, 0.1) is 0 Å². The largest absolute Gasteiger partial charge is 0.211 e. The zero-order valence-corrected chi connectivity index (χ0v) is 27.8. The number of benzene rings is 7. The monoisotopic (exact) mass is 655 g/mol. The zero-order chi connectivity index (χ0) is 33.1. The molecule has 0 aliphatic heterocycles. The van der Waals surface area contributed by atoms with Crippen LogP contribution in [0.5, 0.6) is 0 Å². The van der Waals surface area contributed by atoms with Gasteiger partial charge in [-0.3, -0.25) is 0 Å². The summed E-state index contributed by atoms with van der Waals surface area (Å²) in [4.78, 5) is 16.3. The molecular weight excluding hydrogens is 627 g/mol. The summed E-state index contributed by atoms with van der Waals surface area (Å²) in [5, 5.41) is 2.39. The molecule has 3 nitrogen and oxygen atoms in total. The third kappa shape index (κ3) is 4.32. The molecule has 4 heteroatoms. The SMILES string of the molecule is c1ccc(-c2ccc(-c3nc(-c4cccc5sc6ccccc6c45)nc(C4(c5ccccc5)c5ccccc5-c5ccccc54)n3)cc2)cc1. The maximum Gasteiger partial charge on any atom is 0.164 e. The highest BCUT2D eigenvalue weighted by Crippen LogP contribution is 2.55. The van der Waals surface area contributed by atoms with E-state index in [-0.39, 0.29) is 0 Å². The number of fused-ring (bicyclic) bond motifs is 6. The summed E-state index contributed by atoms with van der Waals surface area (Å²) in [7, 11) is 0. The van der Waals surface area contributed by atoms with Crippen molar-refractivity contribution in [2.45, 2.75) is 5.41 Å². The van der Waals surface area contributed by atoms with Crippen LogP contribution in [0.25, 0.3) is 65.2 Å². The third-order valence-corrected chi connectivity index (χ3v) is 11.2. The fourth-order valence-corrected chi connectivity index (χ4v) is 8.93. The summed E-state index contributed by atoms with van der Waals surface area (Å²) in [6.07, 6.45) is 0. The van der Waals surface area contributed by atoms with Crippen molar-refractivity contribution in [3.8, 4) is 45.0 Å². The summed E-state index contributed by atoms with van der Waals surface area (Å²) < 4.78 is 2.47. The fraction of sp³-hybridized carbons (Fsp3) is 0.0217. The first-order valence-electron chi connectivity index (χ1n) is 16.9. The molecule has 9 aromatic rings. The Labute approximate surface area is 294 Å². The van der Waals surface area contributed by atoms with Crippen LogP contribution >= 0.6 is 11.3 Å². The van der Waals surface area contributed by atoms with Crippen molar-refractivity contribution < 1.29 is 0 Å². The number of nitrogens with zero attached hydrogens (tertiary/aromatic N) is 3. The third-order valence-electron chi connectivity index (χ3n) is 10.0. The average molecular weight is 656 g/mol. The van der Waals surface area contributed by atoms with Gasteiger partial charge in [0.1, 0.15) is 5.41 Å². The molecule has 7 aromatic carbocycles. The maximum atomic E-state index is 5.54. The van der Waals surface area contributed by atoms with Crippen LogP contribution in [-0.4, -0.2) is 15.0 Å². The van der Waals surface area contributed by atoms with E-state index in [1.165, 1.54) is 48.0 Å². The molecular formula is C46H29N3S. The zero-order valence-electron chi connectivity index (χ0n) is 27.0. The van der Waals surface area contributed by atoms with Gasteiger partial charge >= 0.3 is 0 Å². The van der Waals surface area contributed by atoms with Gasteiger partial charge in [-0.15, -0.1) is 11.3 Å². The number of hydrogen-bond donors (Lipinski definition) is 0. The molecule has 1 aliphatic carbocycles. The molecule has 0 fully saturated rings. The van der Waals surface area contributed by atoms with E-state index in [0.29, 0.717) is 17.5 Å². The van der Waals surface area contributed by atoms with Gasteiger partial charge in [0.25, 0.3) is 0 Å². The molecule has 234 valence electrons. The average Bonchev–Trinajstić information content (AvgIpc) is 3.73. The Hall–Kier alpha value is -6.23. The van der Waals surface area contributed by atoms with Crippen molar-refractivity contribution in [3.63, 3.8) is 0 Å². The van der Waals surface area contributed by atoms with E-state index in [1.54, 1.807) is 11.3 Å². The van der Waals surface area contributed by atoms with Crippen molar-refractivity contribution in [1.29, 1.82) is 0 Å². The lowest BCUT2D eigenvalue weighted by atomic mass is 9.71. The summed E-state index contributed by atoms with van der Waals surface area (Å²) in [6.45, 7) is 0. The second-order valence-corrected chi connectivity index (χ2v) is 13.8. The lowest BCUT2D eigenvalue weighted by molar-refractivity contribution is 0.692. The van der Waals surface area contributed by atoms with Crippen molar-refractivity contribution >= 4 is 31.5 Å². The topological polar surface area (TPSA) is 38.7 Å². The molecule has 0 amide bonds. The first-order chi connectivity index (χ1) is 24.8. The summed E-state index contributed by atoms with van der Waals surface area (Å²) in [6, 6.07) is 62.3. The quantitative estimate of drug-likeness (QED) is 0.185. The first-order valence-corrected chi connectivity index (χ1v) is 17.7. The van der Waals surface area contributed by atoms with Crippen molar-refractivity contribution in [3.05, 3.63) is 198 Å². The van der Waals surface area contributed by atoms with Crippen LogP contribution in [0.3, 0.4) is 0 Å². The standard InChI is InChI=1S/C46H29N3S/c1-3-14-30(15-4-1)31-26-28-32(29-27-31)43-47-44(37-21-13-25-41-42(37)36-20-9-12-24-40(36)50-41)49-45(48-43)46(33-16-5-2-6-17-33)38-22-10-7-18-34(38)35-19-8-11-23-39(35)46/h1-29H. The molecule has 1 aliphatic rings. The van der Waals surface area contributed by atoms with E-state index in [1.807, 2.05) is 6.07 Å². The summed E-state index contributed by atoms with van der Waals surface area (Å²) in [5.74, 6) is 2.03. The smallest absolute Gasteiger partial charge is 0.164 e. The van der Waals surface area contributed by atoms with Gasteiger partial charge < -0.3 is 0 Å². The van der Waals surface area contributed by atoms with E-state index >= 15 is 0 Å². The molecule has 50 heavy (non-hydrogen) atoms. The van der Waals surface area contributed by atoms with Gasteiger partial charge in [-0.1, -0.05) is 164 Å². The van der Waals surface area contributed by atoms with Crippen molar-refractivity contribution in [1.82, 2.24) is 15.0 Å². The minimum atomic E-state index is -0.754. The molecule has 0 atom stereocenters. The number of thiophene rings is 1. The van der Waals surface area contributed by atoms with E-state index in [2.05, 4.69) is 170 Å². The summed E-state index contributed by atoms with van der Waals surface area (Å²) in [5.41, 5.74) is 9.40. The van der Waals surface area contributed by atoms with Gasteiger partial charge in [0.2, 0.25) is 0 Å². The molecule has 2 heterocycles. The molecule has 2 aromatic heterocycles.